The zero-order valence-electron chi connectivity index (χ0n) is 11.6. The maximum absolute atomic E-state index is 6.70. The summed E-state index contributed by atoms with van der Waals surface area (Å²) in [6, 6.07) is 16.3. The highest BCUT2D eigenvalue weighted by atomic mass is 79.9. The van der Waals surface area contributed by atoms with Crippen molar-refractivity contribution in [3.8, 4) is 0 Å². The van der Waals surface area contributed by atoms with Crippen LogP contribution in [0, 0.1) is 0 Å². The smallest absolute Gasteiger partial charge is 0.0450 e. The molecule has 0 fully saturated rings. The summed E-state index contributed by atoms with van der Waals surface area (Å²) < 4.78 is 0.990. The van der Waals surface area contributed by atoms with Gasteiger partial charge in [0.05, 0.1) is 0 Å². The molecule has 0 spiro atoms. The second-order valence-electron chi connectivity index (χ2n) is 5.18. The first-order chi connectivity index (χ1) is 9.55. The normalized spacial score (nSPS) is 14.0. The Morgan fingerprint density at radius 3 is 2.45 bits per heavy atom. The minimum atomic E-state index is -0.368. The van der Waals surface area contributed by atoms with E-state index in [1.807, 2.05) is 36.4 Å². The Labute approximate surface area is 134 Å². The van der Waals surface area contributed by atoms with Crippen molar-refractivity contribution in [1.82, 2.24) is 0 Å². The zero-order chi connectivity index (χ0) is 14.6. The van der Waals surface area contributed by atoms with Crippen LogP contribution in [0.15, 0.2) is 53.0 Å². The fourth-order valence-electron chi connectivity index (χ4n) is 2.56. The first kappa shape index (κ1) is 15.6. The van der Waals surface area contributed by atoms with Gasteiger partial charge in [0, 0.05) is 15.0 Å². The summed E-state index contributed by atoms with van der Waals surface area (Å²) >= 11 is 9.77. The molecule has 0 radical (unpaired) electrons. The monoisotopic (exact) mass is 351 g/mol. The Balaban J connectivity index is 2.34. The molecule has 3 heteroatoms. The summed E-state index contributed by atoms with van der Waals surface area (Å²) in [6.07, 6.45) is 2.72. The van der Waals surface area contributed by atoms with Crippen molar-refractivity contribution >= 4 is 27.5 Å². The molecule has 1 unspecified atom stereocenters. The highest BCUT2D eigenvalue weighted by Gasteiger charge is 2.27. The Bertz CT molecular complexity index is 570. The van der Waals surface area contributed by atoms with E-state index in [2.05, 4.69) is 35.0 Å². The second-order valence-corrected chi connectivity index (χ2v) is 6.51. The number of rotatable bonds is 5. The number of hydrogen-bond donors (Lipinski definition) is 1. The number of halogens is 2. The Hall–Kier alpha value is -0.830. The lowest BCUT2D eigenvalue weighted by Gasteiger charge is -2.30. The van der Waals surface area contributed by atoms with Gasteiger partial charge in [-0.25, -0.2) is 0 Å². The quantitative estimate of drug-likeness (QED) is 0.776. The topological polar surface area (TPSA) is 26.0 Å². The van der Waals surface area contributed by atoms with Gasteiger partial charge in [0.15, 0.2) is 0 Å². The summed E-state index contributed by atoms with van der Waals surface area (Å²) in [5, 5.41) is 0.765. The fourth-order valence-corrected chi connectivity index (χ4v) is 3.30. The Morgan fingerprint density at radius 2 is 1.85 bits per heavy atom. The predicted molar refractivity (Wildman–Crippen MR) is 90.1 cm³/mol. The van der Waals surface area contributed by atoms with E-state index in [1.165, 1.54) is 5.56 Å². The summed E-state index contributed by atoms with van der Waals surface area (Å²) in [6.45, 7) is 2.16. The molecule has 2 aromatic rings. The minimum absolute atomic E-state index is 0.368. The van der Waals surface area contributed by atoms with Crippen LogP contribution in [0.4, 0.5) is 0 Å². The van der Waals surface area contributed by atoms with Crippen molar-refractivity contribution in [3.63, 3.8) is 0 Å². The third-order valence-corrected chi connectivity index (χ3v) is 4.41. The molecule has 0 aliphatic carbocycles. The molecule has 106 valence electrons. The number of benzene rings is 2. The molecule has 0 aliphatic heterocycles. The van der Waals surface area contributed by atoms with Gasteiger partial charge < -0.3 is 5.73 Å². The SMILES string of the molecule is CCCC(N)(Cc1ccc(Br)cc1Cl)c1ccccc1. The molecule has 0 bridgehead atoms. The first-order valence-corrected chi connectivity index (χ1v) is 8.00. The van der Waals surface area contributed by atoms with Gasteiger partial charge in [-0.2, -0.15) is 0 Å². The average molecular weight is 353 g/mol. The van der Waals surface area contributed by atoms with E-state index < -0.39 is 0 Å². The van der Waals surface area contributed by atoms with Crippen LogP contribution in [0.25, 0.3) is 0 Å². The highest BCUT2D eigenvalue weighted by Crippen LogP contribution is 2.31. The largest absolute Gasteiger partial charge is 0.321 e. The third kappa shape index (κ3) is 3.63. The van der Waals surface area contributed by atoms with Crippen molar-refractivity contribution in [2.45, 2.75) is 31.7 Å². The lowest BCUT2D eigenvalue weighted by molar-refractivity contribution is 0.401. The minimum Gasteiger partial charge on any atom is -0.321 e. The van der Waals surface area contributed by atoms with Crippen LogP contribution in [0.3, 0.4) is 0 Å². The van der Waals surface area contributed by atoms with E-state index in [9.17, 15) is 0 Å². The van der Waals surface area contributed by atoms with Crippen LogP contribution in [0.2, 0.25) is 5.02 Å². The van der Waals surface area contributed by atoms with Gasteiger partial charge in [0.2, 0.25) is 0 Å². The molecule has 0 saturated carbocycles. The molecular weight excluding hydrogens is 334 g/mol. The van der Waals surface area contributed by atoms with E-state index in [0.717, 1.165) is 34.3 Å². The van der Waals surface area contributed by atoms with Crippen LogP contribution < -0.4 is 5.73 Å². The summed E-state index contributed by atoms with van der Waals surface area (Å²) in [4.78, 5) is 0. The highest BCUT2D eigenvalue weighted by molar-refractivity contribution is 9.10. The van der Waals surface area contributed by atoms with E-state index >= 15 is 0 Å². The molecule has 2 N–H and O–H groups in total. The van der Waals surface area contributed by atoms with Gasteiger partial charge in [0.1, 0.15) is 0 Å². The maximum atomic E-state index is 6.70. The second kappa shape index (κ2) is 6.75. The predicted octanol–water partition coefficient (Wildman–Crippen LogP) is 5.30. The summed E-state index contributed by atoms with van der Waals surface area (Å²) in [5.74, 6) is 0. The fraction of sp³-hybridized carbons (Fsp3) is 0.294. The Kier molecular flexibility index (Phi) is 5.25. The van der Waals surface area contributed by atoms with Crippen LogP contribution in [-0.4, -0.2) is 0 Å². The van der Waals surface area contributed by atoms with Gasteiger partial charge in [-0.05, 0) is 36.1 Å². The van der Waals surface area contributed by atoms with Crippen molar-refractivity contribution in [3.05, 3.63) is 69.2 Å². The molecule has 1 nitrogen and oxygen atoms in total. The van der Waals surface area contributed by atoms with Gasteiger partial charge >= 0.3 is 0 Å². The van der Waals surface area contributed by atoms with Gasteiger partial charge in [-0.15, -0.1) is 0 Å². The molecule has 0 saturated heterocycles. The molecule has 1 atom stereocenters. The number of nitrogens with two attached hydrogens (primary N) is 1. The molecule has 2 rings (SSSR count). The van der Waals surface area contributed by atoms with Crippen LogP contribution in [-0.2, 0) is 12.0 Å². The van der Waals surface area contributed by atoms with E-state index in [0.29, 0.717) is 0 Å². The molecular formula is C17H19BrClN. The van der Waals surface area contributed by atoms with Crippen molar-refractivity contribution in [2.75, 3.05) is 0 Å². The molecule has 20 heavy (non-hydrogen) atoms. The maximum Gasteiger partial charge on any atom is 0.0450 e. The van der Waals surface area contributed by atoms with Crippen molar-refractivity contribution in [2.24, 2.45) is 5.73 Å². The molecule has 0 aliphatic rings. The van der Waals surface area contributed by atoms with E-state index in [4.69, 9.17) is 17.3 Å². The standard InChI is InChI=1S/C17H19BrClN/c1-2-10-17(20,14-6-4-3-5-7-14)12-13-8-9-15(18)11-16(13)19/h3-9,11H,2,10,12,20H2,1H3. The average Bonchev–Trinajstić information content (AvgIpc) is 2.43. The van der Waals surface area contributed by atoms with Gasteiger partial charge in [-0.1, -0.05) is 77.3 Å². The summed E-state index contributed by atoms with van der Waals surface area (Å²) in [7, 11) is 0. The summed E-state index contributed by atoms with van der Waals surface area (Å²) in [5.41, 5.74) is 8.59. The van der Waals surface area contributed by atoms with Crippen LogP contribution in [0.5, 0.6) is 0 Å². The van der Waals surface area contributed by atoms with Crippen molar-refractivity contribution in [1.29, 1.82) is 0 Å². The molecule has 2 aromatic carbocycles. The van der Waals surface area contributed by atoms with E-state index in [1.54, 1.807) is 0 Å². The first-order valence-electron chi connectivity index (χ1n) is 6.83. The lowest BCUT2D eigenvalue weighted by Crippen LogP contribution is -2.39. The van der Waals surface area contributed by atoms with Crippen LogP contribution >= 0.6 is 27.5 Å². The third-order valence-electron chi connectivity index (χ3n) is 3.57. The van der Waals surface area contributed by atoms with E-state index in [-0.39, 0.29) is 5.54 Å². The van der Waals surface area contributed by atoms with Gasteiger partial charge in [-0.3, -0.25) is 0 Å². The van der Waals surface area contributed by atoms with Crippen molar-refractivity contribution < 1.29 is 0 Å². The molecule has 0 amide bonds. The number of hydrogen-bond acceptors (Lipinski definition) is 1. The lowest BCUT2D eigenvalue weighted by atomic mass is 9.81. The van der Waals surface area contributed by atoms with Crippen LogP contribution in [0.1, 0.15) is 30.9 Å². The Morgan fingerprint density at radius 1 is 1.15 bits per heavy atom. The van der Waals surface area contributed by atoms with Gasteiger partial charge in [0.25, 0.3) is 0 Å². The zero-order valence-corrected chi connectivity index (χ0v) is 13.9. The molecule has 0 aromatic heterocycles. The molecule has 0 heterocycles.